The summed E-state index contributed by atoms with van der Waals surface area (Å²) in [6, 6.07) is 5.71. The first-order valence-corrected chi connectivity index (χ1v) is 8.74. The van der Waals surface area contributed by atoms with E-state index in [0.717, 1.165) is 41.4 Å². The summed E-state index contributed by atoms with van der Waals surface area (Å²) in [6.45, 7) is 0.547. The molecule has 0 radical (unpaired) electrons. The summed E-state index contributed by atoms with van der Waals surface area (Å²) in [5, 5.41) is 13.1. The normalized spacial score (nSPS) is 15.3. The van der Waals surface area contributed by atoms with E-state index in [0.29, 0.717) is 29.1 Å². The number of imidazole rings is 1. The number of benzene rings is 1. The van der Waals surface area contributed by atoms with Gasteiger partial charge in [-0.05, 0) is 31.0 Å². The Hall–Kier alpha value is -3.00. The van der Waals surface area contributed by atoms with Crippen molar-refractivity contribution in [2.24, 2.45) is 0 Å². The minimum Gasteiger partial charge on any atom is -0.332 e. The average Bonchev–Trinajstić information content (AvgIpc) is 3.06. The molecule has 4 aromatic rings. The predicted molar refractivity (Wildman–Crippen MR) is 92.0 cm³/mol. The molecule has 1 aliphatic carbocycles. The molecular weight excluding hydrogens is 354 g/mol. The van der Waals surface area contributed by atoms with E-state index in [2.05, 4.69) is 25.3 Å². The monoisotopic (exact) mass is 365 g/mol. The van der Waals surface area contributed by atoms with E-state index in [1.54, 1.807) is 12.7 Å². The van der Waals surface area contributed by atoms with Gasteiger partial charge >= 0.3 is 0 Å². The fraction of sp³-hybridized carbons (Fsp3) is 0.235. The van der Waals surface area contributed by atoms with Gasteiger partial charge in [-0.2, -0.15) is 4.98 Å². The first-order valence-electron chi connectivity index (χ1n) is 8.36. The van der Waals surface area contributed by atoms with Crippen LogP contribution in [0.3, 0.4) is 0 Å². The molecular formula is C17H12ClN7O. The maximum absolute atomic E-state index is 6.21. The molecule has 26 heavy (non-hydrogen) atoms. The third-order valence-corrected chi connectivity index (χ3v) is 5.08. The number of hydrogen-bond acceptors (Lipinski definition) is 6. The van der Waals surface area contributed by atoms with E-state index < -0.39 is 0 Å². The molecule has 4 heterocycles. The average molecular weight is 366 g/mol. The molecule has 0 atom stereocenters. The number of aromatic nitrogens is 7. The van der Waals surface area contributed by atoms with E-state index in [1.807, 2.05) is 27.3 Å². The van der Waals surface area contributed by atoms with E-state index in [4.69, 9.17) is 16.1 Å². The summed E-state index contributed by atoms with van der Waals surface area (Å²) in [5.41, 5.74) is 3.48. The predicted octanol–water partition coefficient (Wildman–Crippen LogP) is 3.07. The van der Waals surface area contributed by atoms with Crippen LogP contribution in [0, 0.1) is 0 Å². The maximum atomic E-state index is 6.21. The second-order valence-electron chi connectivity index (χ2n) is 6.59. The second kappa shape index (κ2) is 5.01. The molecule has 1 aliphatic heterocycles. The zero-order chi connectivity index (χ0) is 17.3. The number of nitrogens with zero attached hydrogens (tertiary/aromatic N) is 7. The van der Waals surface area contributed by atoms with Crippen molar-refractivity contribution in [3.63, 3.8) is 0 Å². The topological polar surface area (TPSA) is 87.4 Å². The van der Waals surface area contributed by atoms with E-state index >= 15 is 0 Å². The molecule has 1 saturated carbocycles. The van der Waals surface area contributed by atoms with Gasteiger partial charge in [0.05, 0.1) is 17.9 Å². The van der Waals surface area contributed by atoms with Gasteiger partial charge < -0.3 is 9.09 Å². The summed E-state index contributed by atoms with van der Waals surface area (Å²) >= 11 is 6.21. The van der Waals surface area contributed by atoms with Gasteiger partial charge in [0.2, 0.25) is 0 Å². The maximum Gasteiger partial charge on any atom is 0.278 e. The summed E-state index contributed by atoms with van der Waals surface area (Å²) in [4.78, 5) is 9.11. The molecule has 0 saturated heterocycles. The Bertz CT molecular complexity index is 1150. The van der Waals surface area contributed by atoms with E-state index in [-0.39, 0.29) is 0 Å². The van der Waals surface area contributed by atoms with Crippen molar-refractivity contribution < 1.29 is 4.52 Å². The number of hydrogen-bond donors (Lipinski definition) is 0. The molecule has 1 aromatic carbocycles. The molecule has 9 heteroatoms. The first-order chi connectivity index (χ1) is 12.8. The number of fused-ring (bicyclic) bond motifs is 5. The van der Waals surface area contributed by atoms with Gasteiger partial charge in [-0.25, -0.2) is 4.98 Å². The molecule has 0 spiro atoms. The van der Waals surface area contributed by atoms with Crippen LogP contribution < -0.4 is 0 Å². The molecule has 0 bridgehead atoms. The highest BCUT2D eigenvalue weighted by molar-refractivity contribution is 6.31. The molecule has 128 valence electrons. The Morgan fingerprint density at radius 3 is 3.00 bits per heavy atom. The first kappa shape index (κ1) is 14.2. The van der Waals surface area contributed by atoms with Crippen LogP contribution in [0.15, 0.2) is 35.4 Å². The third kappa shape index (κ3) is 1.99. The van der Waals surface area contributed by atoms with Crippen molar-refractivity contribution in [3.8, 4) is 28.7 Å². The number of halogens is 1. The summed E-state index contributed by atoms with van der Waals surface area (Å²) < 4.78 is 9.49. The fourth-order valence-electron chi connectivity index (χ4n) is 3.39. The Morgan fingerprint density at radius 1 is 1.19 bits per heavy atom. The van der Waals surface area contributed by atoms with Crippen molar-refractivity contribution in [3.05, 3.63) is 47.4 Å². The van der Waals surface area contributed by atoms with Crippen LogP contribution in [0.4, 0.5) is 0 Å². The smallest absolute Gasteiger partial charge is 0.278 e. The van der Waals surface area contributed by atoms with Crippen LogP contribution in [-0.2, 0) is 6.54 Å². The van der Waals surface area contributed by atoms with Crippen LogP contribution in [0.2, 0.25) is 5.02 Å². The molecule has 2 aliphatic rings. The Morgan fingerprint density at radius 2 is 2.12 bits per heavy atom. The van der Waals surface area contributed by atoms with Crippen molar-refractivity contribution in [2.45, 2.75) is 25.3 Å². The van der Waals surface area contributed by atoms with Crippen LogP contribution in [0.1, 0.15) is 30.3 Å². The standard InChI is InChI=1S/C17H12ClN7O/c18-10-3-4-12-11(5-10)16-22-20-8-24(16)6-13-14(19-7-25(12)13)17-21-15(23-26-17)9-1-2-9/h3-5,7-9H,1-2,6H2. The van der Waals surface area contributed by atoms with Gasteiger partial charge in [0, 0.05) is 16.5 Å². The summed E-state index contributed by atoms with van der Waals surface area (Å²) in [6.07, 6.45) is 5.73. The highest BCUT2D eigenvalue weighted by Gasteiger charge is 2.31. The minimum absolute atomic E-state index is 0.432. The van der Waals surface area contributed by atoms with Crippen LogP contribution in [0.5, 0.6) is 0 Å². The largest absolute Gasteiger partial charge is 0.332 e. The minimum atomic E-state index is 0.432. The third-order valence-electron chi connectivity index (χ3n) is 4.85. The lowest BCUT2D eigenvalue weighted by molar-refractivity contribution is 0.421. The van der Waals surface area contributed by atoms with Crippen molar-refractivity contribution in [1.82, 2.24) is 34.5 Å². The van der Waals surface area contributed by atoms with Crippen molar-refractivity contribution >= 4 is 11.6 Å². The van der Waals surface area contributed by atoms with Gasteiger partial charge in [-0.3, -0.25) is 4.57 Å². The van der Waals surface area contributed by atoms with Gasteiger partial charge in [-0.15, -0.1) is 10.2 Å². The Labute approximate surface area is 152 Å². The van der Waals surface area contributed by atoms with E-state index in [1.165, 1.54) is 0 Å². The van der Waals surface area contributed by atoms with Crippen molar-refractivity contribution in [1.29, 1.82) is 0 Å². The molecule has 6 rings (SSSR count). The van der Waals surface area contributed by atoms with Crippen LogP contribution in [-0.4, -0.2) is 34.5 Å². The molecule has 1 fully saturated rings. The molecule has 0 unspecified atom stereocenters. The lowest BCUT2D eigenvalue weighted by Gasteiger charge is -2.08. The Kier molecular flexibility index (Phi) is 2.74. The Balaban J connectivity index is 1.57. The summed E-state index contributed by atoms with van der Waals surface area (Å²) in [7, 11) is 0. The van der Waals surface area contributed by atoms with Gasteiger partial charge in [-0.1, -0.05) is 16.8 Å². The zero-order valence-electron chi connectivity index (χ0n) is 13.5. The van der Waals surface area contributed by atoms with Crippen molar-refractivity contribution in [2.75, 3.05) is 0 Å². The highest BCUT2D eigenvalue weighted by Crippen LogP contribution is 2.40. The van der Waals surface area contributed by atoms with Gasteiger partial charge in [0.25, 0.3) is 5.89 Å². The van der Waals surface area contributed by atoms with Gasteiger partial charge in [0.1, 0.15) is 12.7 Å². The van der Waals surface area contributed by atoms with Crippen LogP contribution >= 0.6 is 11.6 Å². The lowest BCUT2D eigenvalue weighted by Crippen LogP contribution is -2.03. The molecule has 0 amide bonds. The molecule has 0 N–H and O–H groups in total. The molecule has 3 aromatic heterocycles. The van der Waals surface area contributed by atoms with Crippen LogP contribution in [0.25, 0.3) is 28.7 Å². The van der Waals surface area contributed by atoms with Gasteiger partial charge in [0.15, 0.2) is 17.3 Å². The summed E-state index contributed by atoms with van der Waals surface area (Å²) in [5.74, 6) is 2.42. The zero-order valence-corrected chi connectivity index (χ0v) is 14.3. The van der Waals surface area contributed by atoms with E-state index in [9.17, 15) is 0 Å². The molecule has 8 nitrogen and oxygen atoms in total. The SMILES string of the molecule is Clc1ccc2c(c1)-c1nncn1Cc1c(-c3nc(C4CC4)no3)ncn1-2. The lowest BCUT2D eigenvalue weighted by atomic mass is 10.1. The highest BCUT2D eigenvalue weighted by atomic mass is 35.5. The fourth-order valence-corrected chi connectivity index (χ4v) is 3.56. The number of rotatable bonds is 2. The quantitative estimate of drug-likeness (QED) is 0.477. The second-order valence-corrected chi connectivity index (χ2v) is 7.02.